The van der Waals surface area contributed by atoms with Gasteiger partial charge in [-0.2, -0.15) is 0 Å². The Kier molecular flexibility index (Phi) is 4.91. The van der Waals surface area contributed by atoms with E-state index in [0.717, 1.165) is 0 Å². The third-order valence-electron chi connectivity index (χ3n) is 4.37. The number of carbonyl (C=O) groups excluding carboxylic acids is 2. The highest BCUT2D eigenvalue weighted by molar-refractivity contribution is 7.90. The van der Waals surface area contributed by atoms with Gasteiger partial charge in [-0.3, -0.25) is 4.79 Å². The quantitative estimate of drug-likeness (QED) is 0.695. The van der Waals surface area contributed by atoms with Crippen LogP contribution >= 0.6 is 0 Å². The maximum atomic E-state index is 12.8. The highest BCUT2D eigenvalue weighted by Gasteiger charge is 2.25. The molecule has 3 heterocycles. The Morgan fingerprint density at radius 3 is 2.80 bits per heavy atom. The number of amidine groups is 1. The molecule has 12 heteroatoms. The number of carbonyl (C=O) groups is 2. The maximum Gasteiger partial charge on any atom is 0.360 e. The number of para-hydroxylation sites is 2. The molecule has 1 N–H and O–H groups in total. The average Bonchev–Trinajstić information content (AvgIpc) is 3.22. The molecule has 0 unspecified atom stereocenters. The van der Waals surface area contributed by atoms with Gasteiger partial charge < -0.3 is 15.0 Å². The third kappa shape index (κ3) is 3.85. The third-order valence-corrected chi connectivity index (χ3v) is 5.54. The molecular formula is C18H16N6O5S. The van der Waals surface area contributed by atoms with Crippen molar-refractivity contribution >= 4 is 33.4 Å². The molecule has 0 atom stereocenters. The van der Waals surface area contributed by atoms with Gasteiger partial charge in [0.25, 0.3) is 15.9 Å². The van der Waals surface area contributed by atoms with Gasteiger partial charge in [-0.05, 0) is 24.3 Å². The molecule has 0 radical (unpaired) electrons. The highest BCUT2D eigenvalue weighted by Crippen LogP contribution is 2.22. The van der Waals surface area contributed by atoms with Gasteiger partial charge in [-0.25, -0.2) is 17.9 Å². The van der Waals surface area contributed by atoms with Crippen LogP contribution in [0.1, 0.15) is 10.5 Å². The number of amides is 1. The zero-order valence-electron chi connectivity index (χ0n) is 15.7. The molecule has 0 spiro atoms. The summed E-state index contributed by atoms with van der Waals surface area (Å²) in [7, 11) is -2.22. The second-order valence-electron chi connectivity index (χ2n) is 6.36. The standard InChI is InChI=1S/C18H16N6O5S/c1-29-18(26)14-11-24(22-20-14)15-5-3-2-4-13(15)19-17(25)12-6-7-16-21-30(27,28)9-8-23(16)10-12/h2-7,10-11H,8-9H2,1H3,(H,19,25). The number of nitrogens with one attached hydrogen (secondary N) is 1. The van der Waals surface area contributed by atoms with Crippen molar-refractivity contribution in [3.05, 3.63) is 60.1 Å². The van der Waals surface area contributed by atoms with Crippen molar-refractivity contribution in [2.24, 2.45) is 4.40 Å². The molecule has 0 bridgehead atoms. The van der Waals surface area contributed by atoms with Gasteiger partial charge in [0.05, 0.1) is 36.0 Å². The fourth-order valence-electron chi connectivity index (χ4n) is 2.89. The predicted octanol–water partition coefficient (Wildman–Crippen LogP) is 0.490. The lowest BCUT2D eigenvalue weighted by atomic mass is 10.1. The van der Waals surface area contributed by atoms with Crippen LogP contribution in [0.4, 0.5) is 5.69 Å². The van der Waals surface area contributed by atoms with Crippen molar-refractivity contribution in [2.45, 2.75) is 0 Å². The van der Waals surface area contributed by atoms with Crippen molar-refractivity contribution in [3.8, 4) is 5.69 Å². The second kappa shape index (κ2) is 7.55. The van der Waals surface area contributed by atoms with Gasteiger partial charge >= 0.3 is 5.97 Å². The normalized spacial score (nSPS) is 16.9. The van der Waals surface area contributed by atoms with Crippen LogP contribution in [0.5, 0.6) is 0 Å². The van der Waals surface area contributed by atoms with Crippen LogP contribution in [0.25, 0.3) is 5.69 Å². The number of ether oxygens (including phenoxy) is 1. The number of benzene rings is 1. The minimum atomic E-state index is -3.47. The Morgan fingerprint density at radius 2 is 2.00 bits per heavy atom. The first-order chi connectivity index (χ1) is 14.4. The largest absolute Gasteiger partial charge is 0.464 e. The number of hydrogen-bond acceptors (Lipinski definition) is 8. The fourth-order valence-corrected chi connectivity index (χ4v) is 3.86. The number of hydrogen-bond donors (Lipinski definition) is 1. The van der Waals surface area contributed by atoms with Crippen LogP contribution in [0.2, 0.25) is 0 Å². The minimum Gasteiger partial charge on any atom is -0.464 e. The van der Waals surface area contributed by atoms with Crippen LogP contribution in [0, 0.1) is 0 Å². The number of aromatic nitrogens is 3. The van der Waals surface area contributed by atoms with Crippen molar-refractivity contribution in [2.75, 3.05) is 24.7 Å². The maximum absolute atomic E-state index is 12.8. The molecule has 1 aromatic carbocycles. The Labute approximate surface area is 171 Å². The van der Waals surface area contributed by atoms with Crippen molar-refractivity contribution in [1.29, 1.82) is 0 Å². The first-order valence-electron chi connectivity index (χ1n) is 8.77. The number of anilines is 1. The van der Waals surface area contributed by atoms with E-state index in [4.69, 9.17) is 0 Å². The van der Waals surface area contributed by atoms with Crippen molar-refractivity contribution < 1.29 is 22.7 Å². The summed E-state index contributed by atoms with van der Waals surface area (Å²) in [6.45, 7) is 0.216. The van der Waals surface area contributed by atoms with E-state index >= 15 is 0 Å². The molecule has 11 nitrogen and oxygen atoms in total. The van der Waals surface area contributed by atoms with E-state index < -0.39 is 21.9 Å². The summed E-state index contributed by atoms with van der Waals surface area (Å²) >= 11 is 0. The summed E-state index contributed by atoms with van der Waals surface area (Å²) in [5, 5.41) is 10.5. The lowest BCUT2D eigenvalue weighted by molar-refractivity contribution is -0.112. The topological polar surface area (TPSA) is 136 Å². The number of esters is 1. The van der Waals surface area contributed by atoms with E-state index in [2.05, 4.69) is 24.8 Å². The first kappa shape index (κ1) is 19.5. The lowest BCUT2D eigenvalue weighted by Crippen LogP contribution is -2.37. The SMILES string of the molecule is COC(=O)c1cn(-c2ccccc2NC(=O)C2=CN3CCS(=O)(=O)N=C3C=C2)nn1. The monoisotopic (exact) mass is 428 g/mol. The fraction of sp³-hybridized carbons (Fsp3) is 0.167. The molecule has 30 heavy (non-hydrogen) atoms. The van der Waals surface area contributed by atoms with E-state index in [1.807, 2.05) is 0 Å². The second-order valence-corrected chi connectivity index (χ2v) is 8.11. The predicted molar refractivity (Wildman–Crippen MR) is 106 cm³/mol. The Balaban J connectivity index is 1.57. The molecule has 2 aliphatic heterocycles. The van der Waals surface area contributed by atoms with E-state index in [0.29, 0.717) is 16.9 Å². The highest BCUT2D eigenvalue weighted by atomic mass is 32.2. The van der Waals surface area contributed by atoms with Gasteiger partial charge in [0.15, 0.2) is 5.69 Å². The van der Waals surface area contributed by atoms with Crippen LogP contribution < -0.4 is 5.32 Å². The minimum absolute atomic E-state index is 0.0309. The van der Waals surface area contributed by atoms with Crippen LogP contribution in [-0.4, -0.2) is 65.4 Å². The zero-order chi connectivity index (χ0) is 21.3. The number of fused-ring (bicyclic) bond motifs is 1. The Morgan fingerprint density at radius 1 is 1.20 bits per heavy atom. The zero-order valence-corrected chi connectivity index (χ0v) is 16.5. The number of nitrogens with zero attached hydrogens (tertiary/aromatic N) is 5. The summed E-state index contributed by atoms with van der Waals surface area (Å²) in [5.74, 6) is -0.871. The summed E-state index contributed by atoms with van der Waals surface area (Å²) in [6.07, 6.45) is 5.93. The molecule has 4 rings (SSSR count). The smallest absolute Gasteiger partial charge is 0.360 e. The van der Waals surface area contributed by atoms with E-state index in [-0.39, 0.29) is 23.8 Å². The van der Waals surface area contributed by atoms with Crippen molar-refractivity contribution in [1.82, 2.24) is 19.9 Å². The number of methoxy groups -OCH3 is 1. The molecular weight excluding hydrogens is 412 g/mol. The molecule has 1 aromatic heterocycles. The molecule has 0 aliphatic carbocycles. The van der Waals surface area contributed by atoms with E-state index in [1.165, 1.54) is 30.1 Å². The average molecular weight is 428 g/mol. The van der Waals surface area contributed by atoms with Crippen LogP contribution in [-0.2, 0) is 19.6 Å². The van der Waals surface area contributed by atoms with E-state index in [9.17, 15) is 18.0 Å². The summed E-state index contributed by atoms with van der Waals surface area (Å²) in [4.78, 5) is 26.0. The van der Waals surface area contributed by atoms with Crippen LogP contribution in [0.15, 0.2) is 58.8 Å². The number of sulfonamides is 1. The van der Waals surface area contributed by atoms with Gasteiger partial charge in [-0.15, -0.1) is 9.50 Å². The summed E-state index contributed by atoms with van der Waals surface area (Å²) < 4.78 is 32.9. The van der Waals surface area contributed by atoms with Gasteiger partial charge in [0.2, 0.25) is 0 Å². The van der Waals surface area contributed by atoms with E-state index in [1.54, 1.807) is 35.4 Å². The summed E-state index contributed by atoms with van der Waals surface area (Å²) in [5.41, 5.74) is 1.30. The molecule has 154 valence electrons. The molecule has 2 aliphatic rings. The molecule has 0 saturated heterocycles. The van der Waals surface area contributed by atoms with Gasteiger partial charge in [-0.1, -0.05) is 17.3 Å². The van der Waals surface area contributed by atoms with Gasteiger partial charge in [0, 0.05) is 12.7 Å². The van der Waals surface area contributed by atoms with Gasteiger partial charge in [0.1, 0.15) is 5.84 Å². The Bertz CT molecular complexity index is 1230. The first-order valence-corrected chi connectivity index (χ1v) is 10.4. The Hall–Kier alpha value is -3.80. The summed E-state index contributed by atoms with van der Waals surface area (Å²) in [6, 6.07) is 6.88. The van der Waals surface area contributed by atoms with Crippen LogP contribution in [0.3, 0.4) is 0 Å². The molecule has 0 fully saturated rings. The lowest BCUT2D eigenvalue weighted by Gasteiger charge is -2.27. The van der Waals surface area contributed by atoms with Crippen molar-refractivity contribution in [3.63, 3.8) is 0 Å². The number of rotatable bonds is 4. The molecule has 1 amide bonds. The molecule has 0 saturated carbocycles. The molecule has 2 aromatic rings.